The zero-order chi connectivity index (χ0) is 27.4. The van der Waals surface area contributed by atoms with E-state index in [4.69, 9.17) is 21.3 Å². The van der Waals surface area contributed by atoms with E-state index in [0.29, 0.717) is 39.3 Å². The standard InChI is InChI=1S/C28H25ClFN7O2/c1-15(2)36-24-22(32-26(36)20-6-5-11-31-27(20)39-4)28(38)37(23(24)17-7-9-18(29)10-8-17)19-12-16(3)25-34-33-21(13-30)35(25)14-19/h5-12,14-15,23H,13H2,1-4H3. The van der Waals surface area contributed by atoms with Gasteiger partial charge in [-0.05, 0) is 62.2 Å². The summed E-state index contributed by atoms with van der Waals surface area (Å²) in [4.78, 5) is 25.1. The summed E-state index contributed by atoms with van der Waals surface area (Å²) >= 11 is 6.24. The van der Waals surface area contributed by atoms with Crippen molar-refractivity contribution in [2.24, 2.45) is 0 Å². The maximum absolute atomic E-state index is 14.2. The molecule has 0 saturated carbocycles. The van der Waals surface area contributed by atoms with Gasteiger partial charge >= 0.3 is 0 Å². The molecule has 0 fully saturated rings. The maximum Gasteiger partial charge on any atom is 0.279 e. The quantitative estimate of drug-likeness (QED) is 0.269. The van der Waals surface area contributed by atoms with E-state index in [2.05, 4.69) is 19.7 Å². The lowest BCUT2D eigenvalue weighted by Crippen LogP contribution is -2.30. The van der Waals surface area contributed by atoms with Crippen LogP contribution in [0.5, 0.6) is 5.88 Å². The number of benzene rings is 1. The van der Waals surface area contributed by atoms with Crippen LogP contribution in [-0.2, 0) is 6.67 Å². The number of rotatable bonds is 6. The largest absolute Gasteiger partial charge is 0.480 e. The van der Waals surface area contributed by atoms with Crippen LogP contribution in [0.25, 0.3) is 17.0 Å². The van der Waals surface area contributed by atoms with Crippen molar-refractivity contribution in [1.82, 2.24) is 29.1 Å². The molecular weight excluding hydrogens is 521 g/mol. The third kappa shape index (κ3) is 3.85. The van der Waals surface area contributed by atoms with Crippen molar-refractivity contribution in [3.63, 3.8) is 0 Å². The van der Waals surface area contributed by atoms with Gasteiger partial charge in [0.1, 0.15) is 18.5 Å². The fourth-order valence-corrected chi connectivity index (χ4v) is 5.41. The van der Waals surface area contributed by atoms with E-state index in [-0.39, 0.29) is 17.8 Å². The van der Waals surface area contributed by atoms with Crippen LogP contribution in [-0.4, -0.2) is 42.2 Å². The summed E-state index contributed by atoms with van der Waals surface area (Å²) in [5, 5.41) is 8.66. The number of aromatic nitrogens is 6. The molecule has 0 saturated heterocycles. The van der Waals surface area contributed by atoms with E-state index < -0.39 is 12.7 Å². The number of carbonyl (C=O) groups is 1. The fourth-order valence-electron chi connectivity index (χ4n) is 5.28. The summed E-state index contributed by atoms with van der Waals surface area (Å²) in [6.45, 7) is 5.16. The van der Waals surface area contributed by atoms with Crippen molar-refractivity contribution in [3.05, 3.63) is 88.2 Å². The Morgan fingerprint density at radius 2 is 1.92 bits per heavy atom. The average Bonchev–Trinajstić information content (AvgIpc) is 3.61. The van der Waals surface area contributed by atoms with Gasteiger partial charge in [0, 0.05) is 23.5 Å². The SMILES string of the molecule is COc1ncccc1-c1nc2c(n1C(C)C)C(c1ccc(Cl)cc1)N(c1cc(C)c3nnc(CF)n3c1)C2=O. The number of alkyl halides is 1. The number of methoxy groups -OCH3 is 1. The Balaban J connectivity index is 1.62. The van der Waals surface area contributed by atoms with Gasteiger partial charge in [0.05, 0.1) is 24.1 Å². The molecule has 0 bridgehead atoms. The molecule has 1 aliphatic heterocycles. The number of imidazole rings is 1. The number of fused-ring (bicyclic) bond motifs is 2. The number of halogens is 2. The molecule has 4 aromatic heterocycles. The minimum Gasteiger partial charge on any atom is -0.480 e. The third-order valence-electron chi connectivity index (χ3n) is 6.94. The Hall–Kier alpha value is -4.31. The molecule has 0 N–H and O–H groups in total. The number of hydrogen-bond acceptors (Lipinski definition) is 6. The van der Waals surface area contributed by atoms with Crippen molar-refractivity contribution in [2.75, 3.05) is 12.0 Å². The molecule has 0 aliphatic carbocycles. The van der Waals surface area contributed by atoms with Crippen LogP contribution in [0.4, 0.5) is 10.1 Å². The van der Waals surface area contributed by atoms with Crippen molar-refractivity contribution in [2.45, 2.75) is 39.5 Å². The summed E-state index contributed by atoms with van der Waals surface area (Å²) in [5.74, 6) is 0.903. The molecule has 1 amide bonds. The molecule has 11 heteroatoms. The van der Waals surface area contributed by atoms with Crippen molar-refractivity contribution in [1.29, 1.82) is 0 Å². The lowest BCUT2D eigenvalue weighted by atomic mass is 10.0. The van der Waals surface area contributed by atoms with Gasteiger partial charge in [-0.15, -0.1) is 10.2 Å². The number of ether oxygens (including phenoxy) is 1. The molecule has 5 heterocycles. The molecule has 1 aliphatic rings. The highest BCUT2D eigenvalue weighted by molar-refractivity contribution is 6.30. The van der Waals surface area contributed by atoms with Crippen LogP contribution in [0.2, 0.25) is 5.02 Å². The van der Waals surface area contributed by atoms with E-state index in [1.165, 1.54) is 0 Å². The van der Waals surface area contributed by atoms with Crippen LogP contribution in [0.15, 0.2) is 54.9 Å². The molecule has 9 nitrogen and oxygen atoms in total. The lowest BCUT2D eigenvalue weighted by Gasteiger charge is -2.29. The first-order chi connectivity index (χ1) is 18.8. The Labute approximate surface area is 228 Å². The molecule has 1 atom stereocenters. The number of aryl methyl sites for hydroxylation is 1. The zero-order valence-corrected chi connectivity index (χ0v) is 22.5. The summed E-state index contributed by atoms with van der Waals surface area (Å²) in [5.41, 5.74) is 4.49. The smallest absolute Gasteiger partial charge is 0.279 e. The monoisotopic (exact) mass is 545 g/mol. The first-order valence-electron chi connectivity index (χ1n) is 12.4. The Morgan fingerprint density at radius 1 is 1.15 bits per heavy atom. The first-order valence-corrected chi connectivity index (χ1v) is 12.8. The van der Waals surface area contributed by atoms with Gasteiger partial charge in [0.2, 0.25) is 5.88 Å². The number of pyridine rings is 2. The summed E-state index contributed by atoms with van der Waals surface area (Å²) in [6, 6.07) is 12.4. The molecule has 198 valence electrons. The topological polar surface area (TPSA) is 90.4 Å². The van der Waals surface area contributed by atoms with Crippen LogP contribution < -0.4 is 9.64 Å². The van der Waals surface area contributed by atoms with Crippen LogP contribution in [0.1, 0.15) is 59.1 Å². The molecule has 5 aromatic rings. The van der Waals surface area contributed by atoms with E-state index in [1.807, 2.05) is 51.1 Å². The molecule has 0 radical (unpaired) electrons. The van der Waals surface area contributed by atoms with Crippen LogP contribution in [0, 0.1) is 6.92 Å². The van der Waals surface area contributed by atoms with Gasteiger partial charge in [-0.25, -0.2) is 14.4 Å². The van der Waals surface area contributed by atoms with E-state index in [1.54, 1.807) is 40.9 Å². The highest BCUT2D eigenvalue weighted by atomic mass is 35.5. The maximum atomic E-state index is 14.2. The normalized spacial score (nSPS) is 15.0. The second-order valence-electron chi connectivity index (χ2n) is 9.65. The minimum absolute atomic E-state index is 0.0519. The minimum atomic E-state index is -0.783. The zero-order valence-electron chi connectivity index (χ0n) is 21.8. The predicted octanol–water partition coefficient (Wildman–Crippen LogP) is 5.76. The van der Waals surface area contributed by atoms with Crippen LogP contribution >= 0.6 is 11.6 Å². The average molecular weight is 546 g/mol. The van der Waals surface area contributed by atoms with E-state index >= 15 is 0 Å². The molecular formula is C28H25ClFN7O2. The van der Waals surface area contributed by atoms with Gasteiger partial charge < -0.3 is 9.30 Å². The van der Waals surface area contributed by atoms with Gasteiger partial charge in [0.25, 0.3) is 5.91 Å². The second kappa shape index (κ2) is 9.46. The van der Waals surface area contributed by atoms with E-state index in [0.717, 1.165) is 16.8 Å². The van der Waals surface area contributed by atoms with Gasteiger partial charge in [-0.1, -0.05) is 23.7 Å². The summed E-state index contributed by atoms with van der Waals surface area (Å²) in [6.07, 6.45) is 3.35. The van der Waals surface area contributed by atoms with Gasteiger partial charge in [-0.3, -0.25) is 14.1 Å². The van der Waals surface area contributed by atoms with Crippen molar-refractivity contribution >= 4 is 28.8 Å². The molecule has 6 rings (SSSR count). The lowest BCUT2D eigenvalue weighted by molar-refractivity contribution is 0.0989. The molecule has 1 unspecified atom stereocenters. The highest BCUT2D eigenvalue weighted by Gasteiger charge is 2.45. The van der Waals surface area contributed by atoms with Crippen LogP contribution in [0.3, 0.4) is 0 Å². The van der Waals surface area contributed by atoms with Crippen molar-refractivity contribution in [3.8, 4) is 17.3 Å². The van der Waals surface area contributed by atoms with E-state index in [9.17, 15) is 9.18 Å². The second-order valence-corrected chi connectivity index (χ2v) is 10.1. The molecule has 1 aromatic carbocycles. The van der Waals surface area contributed by atoms with Gasteiger partial charge in [-0.2, -0.15) is 0 Å². The number of amides is 1. The number of nitrogens with zero attached hydrogens (tertiary/aromatic N) is 7. The number of anilines is 1. The molecule has 0 spiro atoms. The predicted molar refractivity (Wildman–Crippen MR) is 145 cm³/mol. The van der Waals surface area contributed by atoms with Gasteiger partial charge in [0.15, 0.2) is 17.2 Å². The van der Waals surface area contributed by atoms with Crippen molar-refractivity contribution < 1.29 is 13.9 Å². The first kappa shape index (κ1) is 25.0. The molecule has 39 heavy (non-hydrogen) atoms. The summed E-state index contributed by atoms with van der Waals surface area (Å²) in [7, 11) is 1.56. The Morgan fingerprint density at radius 3 is 2.62 bits per heavy atom. The third-order valence-corrected chi connectivity index (χ3v) is 7.19. The number of hydrogen-bond donors (Lipinski definition) is 0. The summed E-state index contributed by atoms with van der Waals surface area (Å²) < 4.78 is 22.9. The number of carbonyl (C=O) groups excluding carboxylic acids is 1. The fraction of sp³-hybridized carbons (Fsp3) is 0.250. The Bertz CT molecular complexity index is 1730. The highest BCUT2D eigenvalue weighted by Crippen LogP contribution is 2.45. The Kier molecular flexibility index (Phi) is 6.06.